The number of benzene rings is 1. The van der Waals surface area contributed by atoms with Gasteiger partial charge in [0, 0.05) is 18.5 Å². The van der Waals surface area contributed by atoms with Gasteiger partial charge < -0.3 is 19.5 Å². The number of ketones is 1. The summed E-state index contributed by atoms with van der Waals surface area (Å²) in [5.74, 6) is -0.164. The average Bonchev–Trinajstić information content (AvgIpc) is 2.99. The van der Waals surface area contributed by atoms with Crippen molar-refractivity contribution in [1.29, 1.82) is 0 Å². The van der Waals surface area contributed by atoms with Gasteiger partial charge >= 0.3 is 0 Å². The van der Waals surface area contributed by atoms with Crippen LogP contribution in [-0.4, -0.2) is 52.4 Å². The van der Waals surface area contributed by atoms with Crippen molar-refractivity contribution in [3.63, 3.8) is 0 Å². The lowest BCUT2D eigenvalue weighted by atomic mass is 9.74. The first-order valence-electron chi connectivity index (χ1n) is 11.1. The van der Waals surface area contributed by atoms with Crippen LogP contribution in [0.4, 0.5) is 0 Å². The van der Waals surface area contributed by atoms with Crippen molar-refractivity contribution in [3.8, 4) is 5.75 Å². The summed E-state index contributed by atoms with van der Waals surface area (Å²) in [4.78, 5) is 28.7. The van der Waals surface area contributed by atoms with Gasteiger partial charge in [0.1, 0.15) is 11.9 Å². The van der Waals surface area contributed by atoms with Crippen molar-refractivity contribution in [3.05, 3.63) is 41.2 Å². The van der Waals surface area contributed by atoms with E-state index in [-0.39, 0.29) is 52.6 Å². The Morgan fingerprint density at radius 2 is 2.06 bits per heavy atom. The third kappa shape index (κ3) is 4.20. The van der Waals surface area contributed by atoms with Gasteiger partial charge in [0.05, 0.1) is 23.6 Å². The van der Waals surface area contributed by atoms with Crippen molar-refractivity contribution >= 4 is 23.3 Å². The number of Topliss-reactive ketones (excluding diaryl/α,β-unsaturated/α-hetero) is 1. The summed E-state index contributed by atoms with van der Waals surface area (Å²) in [6.07, 6.45) is 1.65. The van der Waals surface area contributed by atoms with Gasteiger partial charge in [0.15, 0.2) is 11.5 Å². The zero-order valence-corrected chi connectivity index (χ0v) is 19.0. The smallest absolute Gasteiger partial charge is 0.290 e. The highest BCUT2D eigenvalue weighted by Crippen LogP contribution is 2.48. The highest BCUT2D eigenvalue weighted by Gasteiger charge is 2.53. The number of carbonyl (C=O) groups excluding carboxylic acids is 2. The molecule has 5 atom stereocenters. The van der Waals surface area contributed by atoms with Crippen LogP contribution >= 0.6 is 11.6 Å². The molecule has 0 saturated heterocycles. The van der Waals surface area contributed by atoms with E-state index < -0.39 is 6.04 Å². The number of ether oxygens (including phenoxy) is 2. The van der Waals surface area contributed by atoms with Crippen LogP contribution in [0.3, 0.4) is 0 Å². The Balaban J connectivity index is 1.67. The maximum Gasteiger partial charge on any atom is 0.290 e. The molecule has 0 bridgehead atoms. The number of fused-ring (bicyclic) bond motifs is 1. The Morgan fingerprint density at radius 1 is 1.29 bits per heavy atom. The van der Waals surface area contributed by atoms with Crippen LogP contribution in [0.2, 0.25) is 0 Å². The van der Waals surface area contributed by atoms with Gasteiger partial charge in [0.25, 0.3) is 5.91 Å². The molecule has 2 aliphatic heterocycles. The quantitative estimate of drug-likeness (QED) is 0.527. The number of phenolic OH excluding ortho intramolecular Hbond substituents is 1. The third-order valence-electron chi connectivity index (χ3n) is 6.49. The van der Waals surface area contributed by atoms with Crippen LogP contribution in [0.5, 0.6) is 5.75 Å². The summed E-state index contributed by atoms with van der Waals surface area (Å²) in [5, 5.41) is 9.95. The molecule has 1 aliphatic carbocycles. The first-order chi connectivity index (χ1) is 14.8. The molecule has 1 saturated carbocycles. The van der Waals surface area contributed by atoms with Gasteiger partial charge in [-0.25, -0.2) is 0 Å². The third-order valence-corrected chi connectivity index (χ3v) is 7.09. The van der Waals surface area contributed by atoms with E-state index in [4.69, 9.17) is 21.1 Å². The van der Waals surface area contributed by atoms with Crippen molar-refractivity contribution < 1.29 is 24.2 Å². The average molecular weight is 448 g/mol. The van der Waals surface area contributed by atoms with Crippen molar-refractivity contribution in [2.24, 2.45) is 11.8 Å². The first-order valence-corrected chi connectivity index (χ1v) is 11.5. The zero-order chi connectivity index (χ0) is 22.3. The Kier molecular flexibility index (Phi) is 6.31. The topological polar surface area (TPSA) is 76.1 Å². The summed E-state index contributed by atoms with van der Waals surface area (Å²) in [5.41, 5.74) is 1.10. The molecule has 1 N–H and O–H groups in total. The molecule has 31 heavy (non-hydrogen) atoms. The van der Waals surface area contributed by atoms with Gasteiger partial charge in [-0.15, -0.1) is 11.6 Å². The van der Waals surface area contributed by atoms with Crippen LogP contribution in [0.25, 0.3) is 0 Å². The number of alkyl halides is 1. The molecule has 6 nitrogen and oxygen atoms in total. The molecule has 7 heteroatoms. The van der Waals surface area contributed by atoms with E-state index in [9.17, 15) is 14.7 Å². The van der Waals surface area contributed by atoms with E-state index in [0.29, 0.717) is 43.6 Å². The largest absolute Gasteiger partial charge is 0.508 e. The summed E-state index contributed by atoms with van der Waals surface area (Å²) in [6, 6.07) is 6.17. The summed E-state index contributed by atoms with van der Waals surface area (Å²) in [6.45, 7) is 6.94. The maximum atomic E-state index is 13.6. The molecule has 3 aliphatic rings. The number of aromatic hydroxyl groups is 1. The zero-order valence-electron chi connectivity index (χ0n) is 18.2. The first kappa shape index (κ1) is 22.2. The second kappa shape index (κ2) is 8.83. The fraction of sp³-hybridized carbons (Fsp3) is 0.583. The Hall–Kier alpha value is -2.05. The van der Waals surface area contributed by atoms with Crippen LogP contribution in [0.15, 0.2) is 35.6 Å². The number of amides is 1. The molecule has 1 fully saturated rings. The minimum Gasteiger partial charge on any atom is -0.508 e. The predicted octanol–water partition coefficient (Wildman–Crippen LogP) is 3.97. The van der Waals surface area contributed by atoms with E-state index in [1.165, 1.54) is 0 Å². The van der Waals surface area contributed by atoms with Crippen molar-refractivity contribution in [1.82, 2.24) is 4.90 Å². The van der Waals surface area contributed by atoms with Gasteiger partial charge in [-0.1, -0.05) is 19.1 Å². The SMILES string of the molecule is CC(C)OCCCN1C(=O)C2=C(C(=O)C3CC(Cl)C(C)CC3O2)C1c1cccc(O)c1. The van der Waals surface area contributed by atoms with E-state index in [1.54, 1.807) is 23.1 Å². The van der Waals surface area contributed by atoms with E-state index in [2.05, 4.69) is 6.92 Å². The van der Waals surface area contributed by atoms with Crippen molar-refractivity contribution in [2.45, 2.75) is 63.7 Å². The van der Waals surface area contributed by atoms with Gasteiger partial charge in [0.2, 0.25) is 0 Å². The molecular formula is C24H30ClNO5. The molecule has 0 aromatic heterocycles. The van der Waals surface area contributed by atoms with Crippen LogP contribution < -0.4 is 0 Å². The number of phenols is 1. The molecule has 1 aromatic rings. The molecule has 4 rings (SSSR count). The Labute approximate surface area is 188 Å². The number of rotatable bonds is 6. The molecule has 168 valence electrons. The predicted molar refractivity (Wildman–Crippen MR) is 117 cm³/mol. The number of hydrogen-bond donors (Lipinski definition) is 1. The van der Waals surface area contributed by atoms with Gasteiger partial charge in [-0.2, -0.15) is 0 Å². The number of carbonyl (C=O) groups is 2. The summed E-state index contributed by atoms with van der Waals surface area (Å²) in [7, 11) is 0. The monoisotopic (exact) mass is 447 g/mol. The molecular weight excluding hydrogens is 418 g/mol. The fourth-order valence-electron chi connectivity index (χ4n) is 4.89. The summed E-state index contributed by atoms with van der Waals surface area (Å²) >= 11 is 6.49. The Bertz CT molecular complexity index is 898. The number of halogens is 1. The molecule has 2 heterocycles. The summed E-state index contributed by atoms with van der Waals surface area (Å²) < 4.78 is 11.8. The number of nitrogens with zero attached hydrogens (tertiary/aromatic N) is 1. The fourth-order valence-corrected chi connectivity index (χ4v) is 5.19. The minimum absolute atomic E-state index is 0.0496. The van der Waals surface area contributed by atoms with Crippen LogP contribution in [0.1, 0.15) is 51.6 Å². The molecule has 1 amide bonds. The van der Waals surface area contributed by atoms with Gasteiger partial charge in [-0.3, -0.25) is 9.59 Å². The van der Waals surface area contributed by atoms with E-state index in [0.717, 1.165) is 0 Å². The minimum atomic E-state index is -0.574. The molecule has 5 unspecified atom stereocenters. The second-order valence-electron chi connectivity index (χ2n) is 9.10. The van der Waals surface area contributed by atoms with E-state index >= 15 is 0 Å². The maximum absolute atomic E-state index is 13.6. The van der Waals surface area contributed by atoms with Crippen LogP contribution in [-0.2, 0) is 19.1 Å². The Morgan fingerprint density at radius 3 is 2.77 bits per heavy atom. The normalized spacial score (nSPS) is 30.5. The lowest BCUT2D eigenvalue weighted by Gasteiger charge is -2.40. The van der Waals surface area contributed by atoms with Crippen LogP contribution in [0, 0.1) is 11.8 Å². The van der Waals surface area contributed by atoms with Crippen molar-refractivity contribution in [2.75, 3.05) is 13.2 Å². The standard InChI is InChI=1S/C24H30ClNO5/c1-13(2)30-9-5-8-26-21(15-6-4-7-16(27)11-15)20-22(28)17-12-18(25)14(3)10-19(17)31-23(20)24(26)29/h4,6-7,11,13-14,17-19,21,27H,5,8-10,12H2,1-3H3. The number of hydrogen-bond acceptors (Lipinski definition) is 5. The molecule has 0 radical (unpaired) electrons. The highest BCUT2D eigenvalue weighted by molar-refractivity contribution is 6.21. The lowest BCUT2D eigenvalue weighted by Crippen LogP contribution is -2.44. The van der Waals surface area contributed by atoms with E-state index in [1.807, 2.05) is 19.9 Å². The lowest BCUT2D eigenvalue weighted by molar-refractivity contribution is -0.136. The molecule has 1 aromatic carbocycles. The van der Waals surface area contributed by atoms with Gasteiger partial charge in [-0.05, 0) is 56.7 Å². The molecule has 0 spiro atoms. The second-order valence-corrected chi connectivity index (χ2v) is 9.66. The highest BCUT2D eigenvalue weighted by atomic mass is 35.5.